The fraction of sp³-hybridized carbons (Fsp3) is 0.0682. The number of hydrogen-bond acceptors (Lipinski definition) is 4. The molecule has 1 aliphatic carbocycles. The first-order valence-electron chi connectivity index (χ1n) is 16.4. The number of anilines is 3. The average molecular weight is 635 g/mol. The lowest BCUT2D eigenvalue weighted by atomic mass is 9.80. The van der Waals surface area contributed by atoms with Crippen LogP contribution in [0.5, 0.6) is 0 Å². The minimum Gasteiger partial charge on any atom is -0.435 e. The van der Waals surface area contributed by atoms with Gasteiger partial charge in [0.1, 0.15) is 5.52 Å². The summed E-state index contributed by atoms with van der Waals surface area (Å²) in [6.07, 6.45) is 0. The Morgan fingerprint density at radius 1 is 0.562 bits per heavy atom. The van der Waals surface area contributed by atoms with Crippen LogP contribution in [0, 0.1) is 0 Å². The summed E-state index contributed by atoms with van der Waals surface area (Å²) in [5, 5.41) is 4.92. The highest BCUT2D eigenvalue weighted by Crippen LogP contribution is 2.53. The fourth-order valence-corrected chi connectivity index (χ4v) is 8.93. The molecular formula is C44H30N2OS. The third-order valence-corrected chi connectivity index (χ3v) is 11.2. The van der Waals surface area contributed by atoms with Crippen LogP contribution in [0.25, 0.3) is 64.6 Å². The summed E-state index contributed by atoms with van der Waals surface area (Å²) in [5.74, 6) is 0.653. The minimum absolute atomic E-state index is 0.190. The standard InChI is InChI=1S/C44H30N2OS/c1-44(2)37-22-17-29(46(28-13-7-4-8-14-28)30-18-24-40-36(26-30)31-15-9-10-16-39(31)48-40)25-35(37)33-19-20-34-32(41(33)44)21-23-38-42(34)47-43(45-38)27-11-5-3-6-12-27/h3-26H,1-2H3. The topological polar surface area (TPSA) is 29.3 Å². The van der Waals surface area contributed by atoms with Gasteiger partial charge in [0, 0.05) is 53.6 Å². The van der Waals surface area contributed by atoms with Crippen molar-refractivity contribution in [2.24, 2.45) is 0 Å². The Labute approximate surface area is 282 Å². The first-order chi connectivity index (χ1) is 23.5. The molecule has 0 N–H and O–H groups in total. The van der Waals surface area contributed by atoms with E-state index in [1.807, 2.05) is 41.7 Å². The van der Waals surface area contributed by atoms with Crippen molar-refractivity contribution >= 4 is 70.4 Å². The van der Waals surface area contributed by atoms with Crippen LogP contribution in [0.15, 0.2) is 150 Å². The van der Waals surface area contributed by atoms with Crippen LogP contribution in [0.2, 0.25) is 0 Å². The van der Waals surface area contributed by atoms with Gasteiger partial charge in [-0.2, -0.15) is 0 Å². The molecule has 0 amide bonds. The number of benzene rings is 7. The summed E-state index contributed by atoms with van der Waals surface area (Å²) in [6.45, 7) is 4.70. The van der Waals surface area contributed by atoms with E-state index in [4.69, 9.17) is 9.40 Å². The van der Waals surface area contributed by atoms with Crippen LogP contribution in [-0.4, -0.2) is 4.98 Å². The van der Waals surface area contributed by atoms with E-state index >= 15 is 0 Å². The zero-order chi connectivity index (χ0) is 32.0. The Hall–Kier alpha value is -5.71. The molecule has 7 aromatic carbocycles. The highest BCUT2D eigenvalue weighted by Gasteiger charge is 2.38. The largest absolute Gasteiger partial charge is 0.435 e. The van der Waals surface area contributed by atoms with Crippen molar-refractivity contribution in [2.75, 3.05) is 4.90 Å². The Morgan fingerprint density at radius 3 is 2.12 bits per heavy atom. The van der Waals surface area contributed by atoms with Crippen LogP contribution in [0.3, 0.4) is 0 Å². The second-order valence-corrected chi connectivity index (χ2v) is 14.3. The van der Waals surface area contributed by atoms with E-state index in [1.165, 1.54) is 47.8 Å². The number of nitrogens with zero attached hydrogens (tertiary/aromatic N) is 2. The van der Waals surface area contributed by atoms with E-state index in [0.29, 0.717) is 5.89 Å². The van der Waals surface area contributed by atoms with Crippen molar-refractivity contribution in [1.82, 2.24) is 4.98 Å². The van der Waals surface area contributed by atoms with Gasteiger partial charge in [0.2, 0.25) is 5.89 Å². The van der Waals surface area contributed by atoms with Crippen molar-refractivity contribution in [3.8, 4) is 22.6 Å². The van der Waals surface area contributed by atoms with Gasteiger partial charge in [-0.1, -0.05) is 86.6 Å². The molecule has 0 saturated carbocycles. The number of para-hydroxylation sites is 1. The molecule has 0 bridgehead atoms. The van der Waals surface area contributed by atoms with Gasteiger partial charge in [-0.15, -0.1) is 11.3 Å². The van der Waals surface area contributed by atoms with Crippen molar-refractivity contribution < 1.29 is 4.42 Å². The van der Waals surface area contributed by atoms with Crippen molar-refractivity contribution in [2.45, 2.75) is 19.3 Å². The summed E-state index contributed by atoms with van der Waals surface area (Å²) in [7, 11) is 0. The fourth-order valence-electron chi connectivity index (χ4n) is 7.84. The van der Waals surface area contributed by atoms with E-state index in [-0.39, 0.29) is 5.41 Å². The predicted molar refractivity (Wildman–Crippen MR) is 202 cm³/mol. The summed E-state index contributed by atoms with van der Waals surface area (Å²) < 4.78 is 9.08. The van der Waals surface area contributed by atoms with Crippen LogP contribution in [0.1, 0.15) is 25.0 Å². The van der Waals surface area contributed by atoms with E-state index in [9.17, 15) is 0 Å². The molecule has 9 aromatic rings. The molecule has 0 aliphatic heterocycles. The van der Waals surface area contributed by atoms with E-state index < -0.39 is 0 Å². The van der Waals surface area contributed by atoms with Gasteiger partial charge >= 0.3 is 0 Å². The molecule has 0 saturated heterocycles. The first kappa shape index (κ1) is 27.4. The lowest BCUT2D eigenvalue weighted by Gasteiger charge is -2.27. The third-order valence-electron chi connectivity index (χ3n) is 10.1. The maximum Gasteiger partial charge on any atom is 0.227 e. The van der Waals surface area contributed by atoms with Gasteiger partial charge in [-0.3, -0.25) is 0 Å². The molecule has 4 heteroatoms. The Bertz CT molecular complexity index is 2700. The number of hydrogen-bond donors (Lipinski definition) is 0. The molecule has 2 heterocycles. The van der Waals surface area contributed by atoms with Crippen molar-refractivity contribution in [1.29, 1.82) is 0 Å². The number of oxazole rings is 1. The summed E-state index contributed by atoms with van der Waals surface area (Å²) in [5.41, 5.74) is 11.2. The van der Waals surface area contributed by atoms with Gasteiger partial charge in [0.15, 0.2) is 5.58 Å². The average Bonchev–Trinajstić information content (AvgIpc) is 3.80. The monoisotopic (exact) mass is 634 g/mol. The van der Waals surface area contributed by atoms with Crippen molar-refractivity contribution in [3.63, 3.8) is 0 Å². The minimum atomic E-state index is -0.190. The number of aromatic nitrogens is 1. The van der Waals surface area contributed by atoms with E-state index in [2.05, 4.69) is 134 Å². The zero-order valence-corrected chi connectivity index (χ0v) is 27.4. The maximum absolute atomic E-state index is 6.46. The number of rotatable bonds is 4. The molecule has 3 nitrogen and oxygen atoms in total. The first-order valence-corrected chi connectivity index (χ1v) is 17.2. The Morgan fingerprint density at radius 2 is 1.27 bits per heavy atom. The number of thiophene rings is 1. The van der Waals surface area contributed by atoms with Gasteiger partial charge in [-0.25, -0.2) is 4.98 Å². The smallest absolute Gasteiger partial charge is 0.227 e. The molecule has 0 spiro atoms. The quantitative estimate of drug-likeness (QED) is 0.193. The normalized spacial score (nSPS) is 13.4. The third kappa shape index (κ3) is 3.96. The second kappa shape index (κ2) is 10.1. The lowest BCUT2D eigenvalue weighted by Crippen LogP contribution is -2.16. The maximum atomic E-state index is 6.46. The van der Waals surface area contributed by atoms with Crippen LogP contribution in [-0.2, 0) is 5.41 Å². The summed E-state index contributed by atoms with van der Waals surface area (Å²) in [4.78, 5) is 7.24. The Balaban J connectivity index is 1.15. The van der Waals surface area contributed by atoms with Crippen molar-refractivity contribution in [3.05, 3.63) is 157 Å². The van der Waals surface area contributed by atoms with E-state index in [1.54, 1.807) is 0 Å². The molecule has 10 rings (SSSR count). The predicted octanol–water partition coefficient (Wildman–Crippen LogP) is 12.8. The van der Waals surface area contributed by atoms with Crippen LogP contribution in [0.4, 0.5) is 17.1 Å². The SMILES string of the molecule is CC1(C)c2ccc(N(c3ccccc3)c3ccc4sc5ccccc5c4c3)cc2-c2ccc3c(ccc4nc(-c5ccccc5)oc43)c21. The summed E-state index contributed by atoms with van der Waals surface area (Å²) >= 11 is 1.85. The molecule has 0 unspecified atom stereocenters. The van der Waals surface area contributed by atoms with Crippen LogP contribution < -0.4 is 4.90 Å². The molecule has 2 aromatic heterocycles. The molecule has 228 valence electrons. The molecule has 0 atom stereocenters. The summed E-state index contributed by atoms with van der Waals surface area (Å²) in [6, 6.07) is 52.3. The lowest BCUT2D eigenvalue weighted by molar-refractivity contribution is 0.623. The Kier molecular flexibility index (Phi) is 5.79. The zero-order valence-electron chi connectivity index (χ0n) is 26.6. The van der Waals surface area contributed by atoms with Gasteiger partial charge < -0.3 is 9.32 Å². The molecule has 1 aliphatic rings. The second-order valence-electron chi connectivity index (χ2n) is 13.2. The molecule has 0 fully saturated rings. The van der Waals surface area contributed by atoms with Crippen LogP contribution >= 0.6 is 11.3 Å². The van der Waals surface area contributed by atoms with Gasteiger partial charge in [-0.05, 0) is 100 Å². The highest BCUT2D eigenvalue weighted by molar-refractivity contribution is 7.25. The molecule has 48 heavy (non-hydrogen) atoms. The van der Waals surface area contributed by atoms with E-state index in [0.717, 1.165) is 39.1 Å². The van der Waals surface area contributed by atoms with Gasteiger partial charge in [0.05, 0.1) is 0 Å². The molecular weight excluding hydrogens is 605 g/mol. The molecule has 0 radical (unpaired) electrons. The number of fused-ring (bicyclic) bond motifs is 10. The van der Waals surface area contributed by atoms with Gasteiger partial charge in [0.25, 0.3) is 0 Å². The highest BCUT2D eigenvalue weighted by atomic mass is 32.1.